The van der Waals surface area contributed by atoms with E-state index in [1.807, 2.05) is 45.0 Å². The molecule has 0 fully saturated rings. The predicted molar refractivity (Wildman–Crippen MR) is 64.4 cm³/mol. The lowest BCUT2D eigenvalue weighted by Crippen LogP contribution is -2.43. The molecule has 3 nitrogen and oxygen atoms in total. The predicted octanol–water partition coefficient (Wildman–Crippen LogP) is 2.07. The second-order valence-electron chi connectivity index (χ2n) is 4.59. The molecule has 0 amide bonds. The van der Waals surface area contributed by atoms with Crippen molar-refractivity contribution in [2.45, 2.75) is 38.6 Å². The van der Waals surface area contributed by atoms with Gasteiger partial charge in [0.1, 0.15) is 0 Å². The van der Waals surface area contributed by atoms with Gasteiger partial charge in [0, 0.05) is 11.5 Å². The fraction of sp³-hybridized carbons (Fsp3) is 0.462. The molecule has 0 aliphatic carbocycles. The van der Waals surface area contributed by atoms with Gasteiger partial charge in [-0.1, -0.05) is 31.2 Å². The summed E-state index contributed by atoms with van der Waals surface area (Å²) in [7, 11) is 0. The number of aryl methyl sites for hydroxylation is 1. The van der Waals surface area contributed by atoms with Crippen molar-refractivity contribution in [3.63, 3.8) is 0 Å². The number of hydrogen-bond acceptors (Lipinski definition) is 2. The Morgan fingerprint density at radius 3 is 2.50 bits per heavy atom. The minimum absolute atomic E-state index is 0.0511. The molecule has 0 bridgehead atoms. The van der Waals surface area contributed by atoms with Crippen LogP contribution in [0.3, 0.4) is 0 Å². The van der Waals surface area contributed by atoms with Gasteiger partial charge in [-0.05, 0) is 25.0 Å². The van der Waals surface area contributed by atoms with Crippen molar-refractivity contribution in [2.24, 2.45) is 5.73 Å². The lowest BCUT2D eigenvalue weighted by molar-refractivity contribution is -0.138. The van der Waals surface area contributed by atoms with Crippen LogP contribution in [0.2, 0.25) is 0 Å². The number of rotatable bonds is 4. The van der Waals surface area contributed by atoms with Gasteiger partial charge in [-0.3, -0.25) is 4.79 Å². The average Bonchev–Trinajstić information content (AvgIpc) is 2.16. The molecule has 88 valence electrons. The Bertz CT molecular complexity index is 387. The van der Waals surface area contributed by atoms with Gasteiger partial charge in [0.05, 0.1) is 6.42 Å². The van der Waals surface area contributed by atoms with Crippen molar-refractivity contribution in [1.29, 1.82) is 0 Å². The lowest BCUT2D eigenvalue weighted by atomic mass is 9.73. The Morgan fingerprint density at radius 1 is 1.50 bits per heavy atom. The summed E-state index contributed by atoms with van der Waals surface area (Å²) in [5, 5.41) is 8.99. The van der Waals surface area contributed by atoms with E-state index < -0.39 is 11.4 Å². The summed E-state index contributed by atoms with van der Waals surface area (Å²) < 4.78 is 0. The largest absolute Gasteiger partial charge is 0.481 e. The molecule has 0 saturated carbocycles. The van der Waals surface area contributed by atoms with E-state index in [0.717, 1.165) is 11.1 Å². The molecule has 2 atom stereocenters. The van der Waals surface area contributed by atoms with E-state index in [1.165, 1.54) is 0 Å². The molecule has 16 heavy (non-hydrogen) atoms. The van der Waals surface area contributed by atoms with E-state index >= 15 is 0 Å². The topological polar surface area (TPSA) is 63.3 Å². The van der Waals surface area contributed by atoms with E-state index in [-0.39, 0.29) is 12.5 Å². The van der Waals surface area contributed by atoms with Crippen LogP contribution >= 0.6 is 0 Å². The molecule has 0 aliphatic heterocycles. The van der Waals surface area contributed by atoms with Crippen molar-refractivity contribution >= 4 is 5.97 Å². The number of aliphatic carboxylic acids is 1. The van der Waals surface area contributed by atoms with Gasteiger partial charge in [0.25, 0.3) is 0 Å². The highest BCUT2D eigenvalue weighted by molar-refractivity contribution is 5.69. The third kappa shape index (κ3) is 2.42. The van der Waals surface area contributed by atoms with Crippen molar-refractivity contribution in [3.8, 4) is 0 Å². The van der Waals surface area contributed by atoms with E-state index in [1.54, 1.807) is 0 Å². The molecule has 0 aliphatic rings. The summed E-state index contributed by atoms with van der Waals surface area (Å²) >= 11 is 0. The number of benzene rings is 1. The first kappa shape index (κ1) is 12.7. The van der Waals surface area contributed by atoms with Gasteiger partial charge in [0.2, 0.25) is 0 Å². The third-order valence-corrected chi connectivity index (χ3v) is 3.28. The van der Waals surface area contributed by atoms with Gasteiger partial charge in [-0.25, -0.2) is 0 Å². The highest BCUT2D eigenvalue weighted by Gasteiger charge is 2.34. The van der Waals surface area contributed by atoms with Crippen LogP contribution in [-0.2, 0) is 10.2 Å². The van der Waals surface area contributed by atoms with Crippen molar-refractivity contribution in [2.75, 3.05) is 0 Å². The van der Waals surface area contributed by atoms with Crippen LogP contribution in [0.15, 0.2) is 24.3 Å². The van der Waals surface area contributed by atoms with E-state index in [9.17, 15) is 4.79 Å². The van der Waals surface area contributed by atoms with Crippen molar-refractivity contribution in [1.82, 2.24) is 0 Å². The molecule has 2 unspecified atom stereocenters. The summed E-state index contributed by atoms with van der Waals surface area (Å²) in [6.45, 7) is 5.75. The molecule has 0 spiro atoms. The van der Waals surface area contributed by atoms with Gasteiger partial charge >= 0.3 is 5.97 Å². The zero-order valence-corrected chi connectivity index (χ0v) is 10.0. The maximum absolute atomic E-state index is 10.9. The minimum atomic E-state index is -0.817. The van der Waals surface area contributed by atoms with E-state index in [2.05, 4.69) is 0 Å². The molecule has 0 saturated heterocycles. The normalized spacial score (nSPS) is 16.5. The Labute approximate surface area is 96.3 Å². The zero-order chi connectivity index (χ0) is 12.3. The van der Waals surface area contributed by atoms with Crippen LogP contribution in [0, 0.1) is 6.92 Å². The standard InChI is InChI=1S/C13H19NO2/c1-9-6-4-5-7-11(9)13(3,10(2)14)8-12(15)16/h4-7,10H,8,14H2,1-3H3,(H,15,16). The number of nitrogens with two attached hydrogens (primary N) is 1. The second kappa shape index (κ2) is 4.66. The smallest absolute Gasteiger partial charge is 0.304 e. The molecule has 1 aromatic rings. The first-order valence-corrected chi connectivity index (χ1v) is 5.41. The molecule has 1 rings (SSSR count). The summed E-state index contributed by atoms with van der Waals surface area (Å²) in [4.78, 5) is 10.9. The minimum Gasteiger partial charge on any atom is -0.481 e. The Morgan fingerprint density at radius 2 is 2.06 bits per heavy atom. The van der Waals surface area contributed by atoms with Gasteiger partial charge < -0.3 is 10.8 Å². The summed E-state index contributed by atoms with van der Waals surface area (Å²) in [5.74, 6) is -0.817. The molecule has 3 N–H and O–H groups in total. The van der Waals surface area contributed by atoms with Crippen LogP contribution in [-0.4, -0.2) is 17.1 Å². The summed E-state index contributed by atoms with van der Waals surface area (Å²) in [6, 6.07) is 7.61. The fourth-order valence-electron chi connectivity index (χ4n) is 2.03. The fourth-order valence-corrected chi connectivity index (χ4v) is 2.03. The summed E-state index contributed by atoms with van der Waals surface area (Å²) in [6.07, 6.45) is 0.0511. The number of hydrogen-bond donors (Lipinski definition) is 2. The van der Waals surface area contributed by atoms with Gasteiger partial charge in [-0.15, -0.1) is 0 Å². The molecule has 0 radical (unpaired) electrons. The monoisotopic (exact) mass is 221 g/mol. The average molecular weight is 221 g/mol. The maximum Gasteiger partial charge on any atom is 0.304 e. The molecule has 0 aromatic heterocycles. The van der Waals surface area contributed by atoms with Gasteiger partial charge in [-0.2, -0.15) is 0 Å². The third-order valence-electron chi connectivity index (χ3n) is 3.28. The molecular formula is C13H19NO2. The Balaban J connectivity index is 3.21. The van der Waals surface area contributed by atoms with E-state index in [4.69, 9.17) is 10.8 Å². The Hall–Kier alpha value is -1.35. The molecule has 0 heterocycles. The van der Waals surface area contributed by atoms with Crippen LogP contribution in [0.5, 0.6) is 0 Å². The van der Waals surface area contributed by atoms with Gasteiger partial charge in [0.15, 0.2) is 0 Å². The second-order valence-corrected chi connectivity index (χ2v) is 4.59. The maximum atomic E-state index is 10.9. The van der Waals surface area contributed by atoms with Crippen LogP contribution in [0.4, 0.5) is 0 Å². The quantitative estimate of drug-likeness (QED) is 0.818. The zero-order valence-electron chi connectivity index (χ0n) is 10.0. The highest BCUT2D eigenvalue weighted by atomic mass is 16.4. The number of carboxylic acids is 1. The number of carboxylic acid groups (broad SMARTS) is 1. The Kier molecular flexibility index (Phi) is 3.70. The first-order valence-electron chi connectivity index (χ1n) is 5.41. The molecule has 1 aromatic carbocycles. The van der Waals surface area contributed by atoms with Crippen LogP contribution in [0.25, 0.3) is 0 Å². The first-order chi connectivity index (χ1) is 7.38. The number of carbonyl (C=O) groups is 1. The highest BCUT2D eigenvalue weighted by Crippen LogP contribution is 2.32. The van der Waals surface area contributed by atoms with Crippen LogP contribution < -0.4 is 5.73 Å². The molecule has 3 heteroatoms. The van der Waals surface area contributed by atoms with Crippen molar-refractivity contribution < 1.29 is 9.90 Å². The van der Waals surface area contributed by atoms with Crippen LogP contribution in [0.1, 0.15) is 31.4 Å². The summed E-state index contributed by atoms with van der Waals surface area (Å²) in [5.41, 5.74) is 7.55. The molecular weight excluding hydrogens is 202 g/mol. The van der Waals surface area contributed by atoms with E-state index in [0.29, 0.717) is 0 Å². The lowest BCUT2D eigenvalue weighted by Gasteiger charge is -2.34. The van der Waals surface area contributed by atoms with Crippen molar-refractivity contribution in [3.05, 3.63) is 35.4 Å². The SMILES string of the molecule is Cc1ccccc1C(C)(CC(=O)O)C(C)N.